The first kappa shape index (κ1) is 22.9. The van der Waals surface area contributed by atoms with Gasteiger partial charge in [-0.1, -0.05) is 24.3 Å². The molecule has 0 atom stereocenters. The van der Waals surface area contributed by atoms with Crippen molar-refractivity contribution in [3.05, 3.63) is 35.4 Å². The van der Waals surface area contributed by atoms with E-state index in [0.717, 1.165) is 64.4 Å². The Bertz CT molecular complexity index is 647. The van der Waals surface area contributed by atoms with Gasteiger partial charge in [-0.05, 0) is 43.7 Å². The molecule has 0 radical (unpaired) electrons. The molecule has 1 amide bonds. The summed E-state index contributed by atoms with van der Waals surface area (Å²) in [6.45, 7) is 8.33. The van der Waals surface area contributed by atoms with Gasteiger partial charge in [0.25, 0.3) is 0 Å². The number of nitrogens with one attached hydrogen (secondary N) is 3. The van der Waals surface area contributed by atoms with Gasteiger partial charge < -0.3 is 16.0 Å². The van der Waals surface area contributed by atoms with Crippen molar-refractivity contribution in [2.24, 2.45) is 10.9 Å². The largest absolute Gasteiger partial charge is 0.357 e. The van der Waals surface area contributed by atoms with E-state index < -0.39 is 0 Å². The Morgan fingerprint density at radius 2 is 1.89 bits per heavy atom. The van der Waals surface area contributed by atoms with Crippen molar-refractivity contribution >= 4 is 35.8 Å². The summed E-state index contributed by atoms with van der Waals surface area (Å²) in [5, 5.41) is 9.54. The maximum Gasteiger partial charge on any atom is 0.223 e. The number of halogens is 1. The number of hydrogen-bond donors (Lipinski definition) is 3. The number of benzene rings is 1. The molecule has 0 bridgehead atoms. The molecule has 0 spiro atoms. The van der Waals surface area contributed by atoms with E-state index in [1.807, 2.05) is 0 Å². The van der Waals surface area contributed by atoms with Crippen molar-refractivity contribution in [1.82, 2.24) is 20.9 Å². The molecule has 0 unspecified atom stereocenters. The SMILES string of the molecule is CCNC(=NCCCN1CCc2ccccc2C1)NCCNC(=O)C1CC1.I. The molecule has 156 valence electrons. The second-order valence-corrected chi connectivity index (χ2v) is 7.40. The second-order valence-electron chi connectivity index (χ2n) is 7.40. The first-order valence-electron chi connectivity index (χ1n) is 10.4. The molecule has 1 heterocycles. The van der Waals surface area contributed by atoms with Gasteiger partial charge in [-0.3, -0.25) is 14.7 Å². The van der Waals surface area contributed by atoms with Crippen molar-refractivity contribution < 1.29 is 4.79 Å². The van der Waals surface area contributed by atoms with Gasteiger partial charge >= 0.3 is 0 Å². The molecule has 1 saturated carbocycles. The Kier molecular flexibility index (Phi) is 10.0. The lowest BCUT2D eigenvalue weighted by Gasteiger charge is -2.28. The molecule has 7 heteroatoms. The summed E-state index contributed by atoms with van der Waals surface area (Å²) in [5.74, 6) is 1.30. The lowest BCUT2D eigenvalue weighted by molar-refractivity contribution is -0.122. The maximum atomic E-state index is 11.6. The van der Waals surface area contributed by atoms with Crippen molar-refractivity contribution in [3.63, 3.8) is 0 Å². The molecule has 1 aromatic carbocycles. The van der Waals surface area contributed by atoms with Gasteiger partial charge in [0.2, 0.25) is 5.91 Å². The first-order chi connectivity index (χ1) is 13.3. The van der Waals surface area contributed by atoms with Crippen LogP contribution >= 0.6 is 24.0 Å². The normalized spacial score (nSPS) is 16.7. The summed E-state index contributed by atoms with van der Waals surface area (Å²) in [6.07, 6.45) is 4.30. The monoisotopic (exact) mass is 499 g/mol. The quantitative estimate of drug-likeness (QED) is 0.211. The van der Waals surface area contributed by atoms with Gasteiger partial charge in [0.05, 0.1) is 0 Å². The maximum absolute atomic E-state index is 11.6. The van der Waals surface area contributed by atoms with Crippen molar-refractivity contribution in [2.75, 3.05) is 39.3 Å². The first-order valence-corrected chi connectivity index (χ1v) is 10.4. The summed E-state index contributed by atoms with van der Waals surface area (Å²) in [7, 11) is 0. The van der Waals surface area contributed by atoms with Crippen LogP contribution in [0.4, 0.5) is 0 Å². The standard InChI is InChI=1S/C21H33N5O.HI/c1-2-22-21(25-13-12-23-20(27)18-8-9-18)24-11-5-14-26-15-10-17-6-3-4-7-19(17)16-26;/h3-4,6-7,18H,2,5,8-16H2,1H3,(H,23,27)(H2,22,24,25);1H. The molecule has 2 aliphatic rings. The van der Waals surface area contributed by atoms with Crippen molar-refractivity contribution in [2.45, 2.75) is 39.2 Å². The minimum Gasteiger partial charge on any atom is -0.357 e. The number of nitrogens with zero attached hydrogens (tertiary/aromatic N) is 2. The molecule has 3 N–H and O–H groups in total. The zero-order valence-corrected chi connectivity index (χ0v) is 19.2. The molecule has 1 aliphatic carbocycles. The molecule has 0 aromatic heterocycles. The van der Waals surface area contributed by atoms with Crippen LogP contribution in [0.25, 0.3) is 0 Å². The van der Waals surface area contributed by atoms with Crippen LogP contribution in [0.5, 0.6) is 0 Å². The van der Waals surface area contributed by atoms with E-state index in [4.69, 9.17) is 0 Å². The number of carbonyl (C=O) groups excluding carboxylic acids is 1. The highest BCUT2D eigenvalue weighted by atomic mass is 127. The zero-order chi connectivity index (χ0) is 18.9. The van der Waals surface area contributed by atoms with Gasteiger partial charge in [0.1, 0.15) is 0 Å². The molecule has 28 heavy (non-hydrogen) atoms. The van der Waals surface area contributed by atoms with Crippen LogP contribution in [0.3, 0.4) is 0 Å². The molecule has 1 aromatic rings. The number of carbonyl (C=O) groups is 1. The lowest BCUT2D eigenvalue weighted by Crippen LogP contribution is -2.42. The fourth-order valence-electron chi connectivity index (χ4n) is 3.43. The van der Waals surface area contributed by atoms with Crippen LogP contribution in [-0.4, -0.2) is 56.0 Å². The topological polar surface area (TPSA) is 68.8 Å². The number of guanidine groups is 1. The molecule has 3 rings (SSSR count). The van der Waals surface area contributed by atoms with Crippen molar-refractivity contribution in [1.29, 1.82) is 0 Å². The Balaban J connectivity index is 0.00000280. The van der Waals surface area contributed by atoms with E-state index in [9.17, 15) is 4.79 Å². The molecule has 6 nitrogen and oxygen atoms in total. The van der Waals surface area contributed by atoms with Crippen LogP contribution < -0.4 is 16.0 Å². The van der Waals surface area contributed by atoms with Crippen LogP contribution in [0.15, 0.2) is 29.3 Å². The third kappa shape index (κ3) is 7.58. The predicted octanol–water partition coefficient (Wildman–Crippen LogP) is 2.13. The van der Waals surface area contributed by atoms with Gasteiger partial charge in [-0.2, -0.15) is 0 Å². The number of fused-ring (bicyclic) bond motifs is 1. The van der Waals surface area contributed by atoms with Crippen molar-refractivity contribution in [3.8, 4) is 0 Å². The summed E-state index contributed by atoms with van der Waals surface area (Å²) >= 11 is 0. The lowest BCUT2D eigenvalue weighted by atomic mass is 10.00. The number of hydrogen-bond acceptors (Lipinski definition) is 3. The smallest absolute Gasteiger partial charge is 0.223 e. The van der Waals surface area contributed by atoms with E-state index in [1.165, 1.54) is 11.1 Å². The summed E-state index contributed by atoms with van der Waals surface area (Å²) in [4.78, 5) is 18.8. The molecular weight excluding hydrogens is 465 g/mol. The number of rotatable bonds is 9. The van der Waals surface area contributed by atoms with Gasteiger partial charge in [-0.15, -0.1) is 24.0 Å². The molecule has 1 aliphatic heterocycles. The number of aliphatic imine (C=N–C) groups is 1. The van der Waals surface area contributed by atoms with E-state index in [2.05, 4.69) is 57.0 Å². The minimum absolute atomic E-state index is 0. The van der Waals surface area contributed by atoms with Gasteiger partial charge in [0, 0.05) is 51.7 Å². The van der Waals surface area contributed by atoms with E-state index in [-0.39, 0.29) is 35.8 Å². The molecule has 1 fully saturated rings. The summed E-state index contributed by atoms with van der Waals surface area (Å²) < 4.78 is 0. The third-order valence-corrected chi connectivity index (χ3v) is 5.12. The summed E-state index contributed by atoms with van der Waals surface area (Å²) in [5.41, 5.74) is 2.97. The second kappa shape index (κ2) is 12.3. The Hall–Kier alpha value is -1.35. The predicted molar refractivity (Wildman–Crippen MR) is 125 cm³/mol. The average molecular weight is 499 g/mol. The van der Waals surface area contributed by atoms with E-state index in [0.29, 0.717) is 13.1 Å². The highest BCUT2D eigenvalue weighted by molar-refractivity contribution is 14.0. The van der Waals surface area contributed by atoms with E-state index in [1.54, 1.807) is 0 Å². The Morgan fingerprint density at radius 1 is 1.14 bits per heavy atom. The summed E-state index contributed by atoms with van der Waals surface area (Å²) in [6, 6.07) is 8.76. The molecular formula is C21H34IN5O. The van der Waals surface area contributed by atoms with Crippen LogP contribution in [-0.2, 0) is 17.8 Å². The zero-order valence-electron chi connectivity index (χ0n) is 16.9. The third-order valence-electron chi connectivity index (χ3n) is 5.12. The average Bonchev–Trinajstić information content (AvgIpc) is 3.53. The van der Waals surface area contributed by atoms with E-state index >= 15 is 0 Å². The minimum atomic E-state index is 0. The fraction of sp³-hybridized carbons (Fsp3) is 0.619. The number of amides is 1. The van der Waals surface area contributed by atoms with Crippen LogP contribution in [0.1, 0.15) is 37.3 Å². The highest BCUT2D eigenvalue weighted by Gasteiger charge is 2.28. The Labute approximate surface area is 186 Å². The Morgan fingerprint density at radius 3 is 2.64 bits per heavy atom. The van der Waals surface area contributed by atoms with Crippen LogP contribution in [0, 0.1) is 5.92 Å². The van der Waals surface area contributed by atoms with Crippen LogP contribution in [0.2, 0.25) is 0 Å². The molecule has 0 saturated heterocycles. The highest BCUT2D eigenvalue weighted by Crippen LogP contribution is 2.28. The fourth-order valence-corrected chi connectivity index (χ4v) is 3.43. The van der Waals surface area contributed by atoms with Gasteiger partial charge in [0.15, 0.2) is 5.96 Å². The van der Waals surface area contributed by atoms with Gasteiger partial charge in [-0.25, -0.2) is 0 Å².